The van der Waals surface area contributed by atoms with Gasteiger partial charge in [0.25, 0.3) is 0 Å². The third kappa shape index (κ3) is 12.1. The predicted octanol–water partition coefficient (Wildman–Crippen LogP) is -2.00. The average Bonchev–Trinajstić information content (AvgIpc) is 2.71. The van der Waals surface area contributed by atoms with Gasteiger partial charge in [0.1, 0.15) is 18.1 Å². The zero-order chi connectivity index (χ0) is 25.7. The Morgan fingerprint density at radius 2 is 1.36 bits per heavy atom. The molecule has 0 aliphatic heterocycles. The van der Waals surface area contributed by atoms with Crippen LogP contribution in [-0.2, 0) is 28.8 Å². The van der Waals surface area contributed by atoms with Gasteiger partial charge in [0.15, 0.2) is 0 Å². The number of thioether (sulfide) groups is 1. The van der Waals surface area contributed by atoms with Crippen molar-refractivity contribution in [2.75, 3.05) is 12.0 Å². The minimum Gasteiger partial charge on any atom is -0.481 e. The van der Waals surface area contributed by atoms with Crippen LogP contribution in [0.15, 0.2) is 0 Å². The van der Waals surface area contributed by atoms with Gasteiger partial charge in [-0.1, -0.05) is 13.8 Å². The highest BCUT2D eigenvalue weighted by molar-refractivity contribution is 7.98. The number of aliphatic carboxylic acids is 2. The van der Waals surface area contributed by atoms with E-state index in [1.54, 1.807) is 20.1 Å². The second-order valence-corrected chi connectivity index (χ2v) is 8.66. The second-order valence-electron chi connectivity index (χ2n) is 7.68. The fourth-order valence-corrected chi connectivity index (χ4v) is 3.02. The van der Waals surface area contributed by atoms with Crippen LogP contribution >= 0.6 is 11.8 Å². The fraction of sp³-hybridized carbons (Fsp3) is 0.684. The van der Waals surface area contributed by atoms with Crippen molar-refractivity contribution in [3.63, 3.8) is 0 Å². The largest absolute Gasteiger partial charge is 0.481 e. The standard InChI is InChI=1S/C19H33N5O8S/c1-9(2)15(21)18(30)24-12(8-14(26)27)17(29)22-10(4-5-13(20)25)16(28)23-11(19(31)32)6-7-33-3/h9-12,15H,4-8,21H2,1-3H3,(H2,20,25)(H,22,29)(H,23,28)(H,24,30)(H,26,27)(H,31,32). The summed E-state index contributed by atoms with van der Waals surface area (Å²) in [5.74, 6) is -5.95. The molecule has 4 unspecified atom stereocenters. The molecule has 4 amide bonds. The number of hydrogen-bond acceptors (Lipinski definition) is 8. The first-order valence-electron chi connectivity index (χ1n) is 10.2. The van der Waals surface area contributed by atoms with Crippen LogP contribution in [0.3, 0.4) is 0 Å². The van der Waals surface area contributed by atoms with Crippen molar-refractivity contribution in [2.24, 2.45) is 17.4 Å². The highest BCUT2D eigenvalue weighted by Gasteiger charge is 2.31. The molecule has 0 saturated heterocycles. The zero-order valence-electron chi connectivity index (χ0n) is 18.8. The Morgan fingerprint density at radius 1 is 0.848 bits per heavy atom. The number of nitrogens with one attached hydrogen (secondary N) is 3. The fourth-order valence-electron chi connectivity index (χ4n) is 2.55. The van der Waals surface area contributed by atoms with Crippen LogP contribution < -0.4 is 27.4 Å². The van der Waals surface area contributed by atoms with Gasteiger partial charge in [0.05, 0.1) is 12.5 Å². The molecule has 0 bridgehead atoms. The van der Waals surface area contributed by atoms with Gasteiger partial charge in [0, 0.05) is 6.42 Å². The van der Waals surface area contributed by atoms with E-state index in [1.807, 2.05) is 0 Å². The van der Waals surface area contributed by atoms with Gasteiger partial charge >= 0.3 is 11.9 Å². The molecule has 0 heterocycles. The lowest BCUT2D eigenvalue weighted by molar-refractivity contribution is -0.143. The number of nitrogens with two attached hydrogens (primary N) is 2. The summed E-state index contributed by atoms with van der Waals surface area (Å²) in [5.41, 5.74) is 10.8. The quantitative estimate of drug-likeness (QED) is 0.125. The lowest BCUT2D eigenvalue weighted by atomic mass is 10.0. The second kappa shape index (κ2) is 15.1. The van der Waals surface area contributed by atoms with Crippen molar-refractivity contribution >= 4 is 47.3 Å². The van der Waals surface area contributed by atoms with Crippen molar-refractivity contribution in [3.8, 4) is 0 Å². The molecule has 0 rings (SSSR count). The molecule has 0 aromatic rings. The summed E-state index contributed by atoms with van der Waals surface area (Å²) in [6, 6.07) is -5.20. The molecule has 0 aromatic heterocycles. The van der Waals surface area contributed by atoms with Gasteiger partial charge in [-0.15, -0.1) is 0 Å². The Kier molecular flexibility index (Phi) is 13.7. The molecule has 0 radical (unpaired) electrons. The molecule has 0 saturated carbocycles. The van der Waals surface area contributed by atoms with E-state index in [4.69, 9.17) is 16.6 Å². The summed E-state index contributed by atoms with van der Waals surface area (Å²) in [6.45, 7) is 3.33. The van der Waals surface area contributed by atoms with Crippen molar-refractivity contribution in [2.45, 2.75) is 63.7 Å². The first kappa shape index (κ1) is 30.1. The van der Waals surface area contributed by atoms with E-state index in [1.165, 1.54) is 11.8 Å². The highest BCUT2D eigenvalue weighted by atomic mass is 32.2. The maximum Gasteiger partial charge on any atom is 0.326 e. The van der Waals surface area contributed by atoms with E-state index in [9.17, 15) is 33.9 Å². The van der Waals surface area contributed by atoms with Crippen LogP contribution in [-0.4, -0.2) is 82.0 Å². The van der Waals surface area contributed by atoms with Crippen LogP contribution in [0.1, 0.15) is 39.5 Å². The van der Waals surface area contributed by atoms with E-state index in [0.717, 1.165) is 0 Å². The van der Waals surface area contributed by atoms with Gasteiger partial charge in [-0.3, -0.25) is 24.0 Å². The molecule has 188 valence electrons. The highest BCUT2D eigenvalue weighted by Crippen LogP contribution is 2.06. The van der Waals surface area contributed by atoms with Gasteiger partial charge in [-0.2, -0.15) is 11.8 Å². The molecule has 0 fully saturated rings. The predicted molar refractivity (Wildman–Crippen MR) is 120 cm³/mol. The Bertz CT molecular complexity index is 733. The first-order chi connectivity index (χ1) is 15.3. The number of carbonyl (C=O) groups excluding carboxylic acids is 4. The zero-order valence-corrected chi connectivity index (χ0v) is 19.6. The minimum absolute atomic E-state index is 0.115. The van der Waals surface area contributed by atoms with Gasteiger partial charge in [-0.05, 0) is 30.8 Å². The Labute approximate surface area is 195 Å². The molecule has 0 aliphatic rings. The summed E-state index contributed by atoms with van der Waals surface area (Å²) in [5, 5.41) is 25.2. The number of amides is 4. The maximum atomic E-state index is 12.7. The van der Waals surface area contributed by atoms with Crippen LogP contribution in [0, 0.1) is 5.92 Å². The van der Waals surface area contributed by atoms with Gasteiger partial charge < -0.3 is 37.6 Å². The molecular formula is C19H33N5O8S. The lowest BCUT2D eigenvalue weighted by Crippen LogP contribution is -2.58. The molecule has 13 nitrogen and oxygen atoms in total. The minimum atomic E-state index is -1.56. The van der Waals surface area contributed by atoms with Gasteiger partial charge in [0.2, 0.25) is 23.6 Å². The number of rotatable bonds is 16. The smallest absolute Gasteiger partial charge is 0.326 e. The Balaban J connectivity index is 5.56. The topological polar surface area (TPSA) is 231 Å². The van der Waals surface area contributed by atoms with Crippen molar-refractivity contribution in [3.05, 3.63) is 0 Å². The van der Waals surface area contributed by atoms with E-state index >= 15 is 0 Å². The van der Waals surface area contributed by atoms with E-state index < -0.39 is 66.2 Å². The normalized spacial score (nSPS) is 14.5. The molecule has 0 aromatic carbocycles. The number of carbonyl (C=O) groups is 6. The molecule has 33 heavy (non-hydrogen) atoms. The summed E-state index contributed by atoms with van der Waals surface area (Å²) in [7, 11) is 0. The van der Waals surface area contributed by atoms with Crippen LogP contribution in [0.25, 0.3) is 0 Å². The Hall–Kier alpha value is -2.87. The van der Waals surface area contributed by atoms with Crippen molar-refractivity contribution in [1.29, 1.82) is 0 Å². The SMILES string of the molecule is CSCCC(NC(=O)C(CCC(N)=O)NC(=O)C(CC(=O)O)NC(=O)C(N)C(C)C)C(=O)O. The number of carboxylic acid groups (broad SMARTS) is 2. The van der Waals surface area contributed by atoms with E-state index in [0.29, 0.717) is 5.75 Å². The Morgan fingerprint density at radius 3 is 1.82 bits per heavy atom. The van der Waals surface area contributed by atoms with Crippen LogP contribution in [0.4, 0.5) is 0 Å². The van der Waals surface area contributed by atoms with E-state index in [-0.39, 0.29) is 25.2 Å². The molecule has 0 aliphatic carbocycles. The van der Waals surface area contributed by atoms with Crippen molar-refractivity contribution < 1.29 is 39.0 Å². The molecular weight excluding hydrogens is 458 g/mol. The number of primary amides is 1. The van der Waals surface area contributed by atoms with Crippen molar-refractivity contribution in [1.82, 2.24) is 16.0 Å². The lowest BCUT2D eigenvalue weighted by Gasteiger charge is -2.25. The summed E-state index contributed by atoms with van der Waals surface area (Å²) in [4.78, 5) is 71.4. The van der Waals surface area contributed by atoms with E-state index in [2.05, 4.69) is 16.0 Å². The third-order valence-electron chi connectivity index (χ3n) is 4.57. The van der Waals surface area contributed by atoms with Gasteiger partial charge in [-0.25, -0.2) is 4.79 Å². The molecule has 0 spiro atoms. The van der Waals surface area contributed by atoms with Crippen LogP contribution in [0.5, 0.6) is 0 Å². The monoisotopic (exact) mass is 491 g/mol. The first-order valence-corrected chi connectivity index (χ1v) is 11.6. The molecule has 9 N–H and O–H groups in total. The number of hydrogen-bond donors (Lipinski definition) is 7. The summed E-state index contributed by atoms with van der Waals surface area (Å²) < 4.78 is 0. The summed E-state index contributed by atoms with van der Waals surface area (Å²) >= 11 is 1.38. The maximum absolute atomic E-state index is 12.7. The summed E-state index contributed by atoms with van der Waals surface area (Å²) in [6.07, 6.45) is 0.510. The molecule has 4 atom stereocenters. The number of carboxylic acids is 2. The third-order valence-corrected chi connectivity index (χ3v) is 5.21. The van der Waals surface area contributed by atoms with Crippen LogP contribution in [0.2, 0.25) is 0 Å². The molecule has 14 heteroatoms. The average molecular weight is 492 g/mol.